The van der Waals surface area contributed by atoms with E-state index in [4.69, 9.17) is 21.3 Å². The highest BCUT2D eigenvalue weighted by molar-refractivity contribution is 7.16. The van der Waals surface area contributed by atoms with Crippen LogP contribution in [0.5, 0.6) is 5.75 Å². The van der Waals surface area contributed by atoms with Gasteiger partial charge in [-0.3, -0.25) is 14.5 Å². The molecule has 0 atom stereocenters. The molecule has 2 aliphatic rings. The SMILES string of the molecule is COc1cc(N2CCc3nc(N(C)C(=O)CC4CCN(C(C)=O)CC4)sc3C2)cnc1Cl. The van der Waals surface area contributed by atoms with Gasteiger partial charge in [0.1, 0.15) is 0 Å². The number of fused-ring (bicyclic) bond motifs is 1. The van der Waals surface area contributed by atoms with Crippen LogP contribution in [0.4, 0.5) is 10.8 Å². The normalized spacial score (nSPS) is 16.6. The third-order valence-corrected chi connectivity index (χ3v) is 7.72. The van der Waals surface area contributed by atoms with Gasteiger partial charge in [-0.25, -0.2) is 9.97 Å². The molecule has 0 bridgehead atoms. The van der Waals surface area contributed by atoms with E-state index in [1.54, 1.807) is 36.5 Å². The third kappa shape index (κ3) is 4.83. The summed E-state index contributed by atoms with van der Waals surface area (Å²) in [7, 11) is 3.39. The number of anilines is 2. The minimum Gasteiger partial charge on any atom is -0.493 e. The zero-order valence-corrected chi connectivity index (χ0v) is 20.2. The Kier molecular flexibility index (Phi) is 6.85. The second kappa shape index (κ2) is 9.62. The quantitative estimate of drug-likeness (QED) is 0.614. The molecule has 8 nitrogen and oxygen atoms in total. The first kappa shape index (κ1) is 22.8. The Labute approximate surface area is 197 Å². The number of hydrogen-bond acceptors (Lipinski definition) is 7. The maximum absolute atomic E-state index is 12.9. The van der Waals surface area contributed by atoms with Gasteiger partial charge < -0.3 is 14.5 Å². The van der Waals surface area contributed by atoms with Crippen LogP contribution in [-0.4, -0.2) is 60.5 Å². The minimum absolute atomic E-state index is 0.0841. The lowest BCUT2D eigenvalue weighted by atomic mass is 9.93. The summed E-state index contributed by atoms with van der Waals surface area (Å²) in [5, 5.41) is 1.09. The zero-order valence-electron chi connectivity index (χ0n) is 18.6. The molecule has 32 heavy (non-hydrogen) atoms. The van der Waals surface area contributed by atoms with Crippen LogP contribution in [0, 0.1) is 5.92 Å². The van der Waals surface area contributed by atoms with Gasteiger partial charge in [0.2, 0.25) is 11.8 Å². The third-order valence-electron chi connectivity index (χ3n) is 6.28. The Morgan fingerprint density at radius 2 is 2.06 bits per heavy atom. The number of methoxy groups -OCH3 is 1. The van der Waals surface area contributed by atoms with Crippen molar-refractivity contribution in [3.8, 4) is 5.75 Å². The van der Waals surface area contributed by atoms with Crippen LogP contribution in [0.25, 0.3) is 0 Å². The molecule has 0 N–H and O–H groups in total. The highest BCUT2D eigenvalue weighted by atomic mass is 35.5. The molecule has 0 unspecified atom stereocenters. The summed E-state index contributed by atoms with van der Waals surface area (Å²) in [6, 6.07) is 1.90. The van der Waals surface area contributed by atoms with Crippen LogP contribution in [0.2, 0.25) is 5.15 Å². The van der Waals surface area contributed by atoms with E-state index < -0.39 is 0 Å². The second-order valence-corrected chi connectivity index (χ2v) is 9.75. The topological polar surface area (TPSA) is 78.9 Å². The van der Waals surface area contributed by atoms with Crippen molar-refractivity contribution < 1.29 is 14.3 Å². The van der Waals surface area contributed by atoms with E-state index in [0.29, 0.717) is 29.8 Å². The van der Waals surface area contributed by atoms with Gasteiger partial charge in [-0.15, -0.1) is 0 Å². The van der Waals surface area contributed by atoms with Crippen molar-refractivity contribution >= 4 is 45.6 Å². The van der Waals surface area contributed by atoms with E-state index in [9.17, 15) is 9.59 Å². The molecule has 0 aromatic carbocycles. The van der Waals surface area contributed by atoms with Crippen LogP contribution < -0.4 is 14.5 Å². The molecule has 2 aliphatic heterocycles. The lowest BCUT2D eigenvalue weighted by Gasteiger charge is -2.31. The van der Waals surface area contributed by atoms with Crippen molar-refractivity contribution in [1.82, 2.24) is 14.9 Å². The summed E-state index contributed by atoms with van der Waals surface area (Å²) >= 11 is 7.63. The molecule has 0 saturated carbocycles. The largest absolute Gasteiger partial charge is 0.493 e. The van der Waals surface area contributed by atoms with Gasteiger partial charge in [0.15, 0.2) is 16.0 Å². The maximum Gasteiger partial charge on any atom is 0.228 e. The molecule has 0 radical (unpaired) electrons. The van der Waals surface area contributed by atoms with Crippen molar-refractivity contribution in [3.63, 3.8) is 0 Å². The summed E-state index contributed by atoms with van der Waals surface area (Å²) in [5.74, 6) is 1.07. The number of pyridine rings is 1. The Balaban J connectivity index is 1.39. The zero-order chi connectivity index (χ0) is 22.8. The molecule has 2 aromatic rings. The number of piperidine rings is 1. The van der Waals surface area contributed by atoms with Gasteiger partial charge in [0.25, 0.3) is 0 Å². The molecule has 1 saturated heterocycles. The average molecular weight is 478 g/mol. The van der Waals surface area contributed by atoms with E-state index in [2.05, 4.69) is 9.88 Å². The summed E-state index contributed by atoms with van der Waals surface area (Å²) in [6.07, 6.45) is 4.81. The fourth-order valence-corrected chi connectivity index (χ4v) is 5.50. The van der Waals surface area contributed by atoms with Crippen LogP contribution in [0.3, 0.4) is 0 Å². The standard InChI is InChI=1S/C22H28ClN5O3S/c1-14(29)27-7-4-15(5-8-27)10-20(30)26(2)22-25-17-6-9-28(13-19(17)32-22)16-11-18(31-3)21(23)24-12-16/h11-12,15H,4-10,13H2,1-3H3. The first-order valence-corrected chi connectivity index (χ1v) is 12.0. The molecule has 2 amide bonds. The summed E-state index contributed by atoms with van der Waals surface area (Å²) in [4.78, 5) is 40.3. The van der Waals surface area contributed by atoms with Crippen molar-refractivity contribution in [3.05, 3.63) is 28.0 Å². The molecular weight excluding hydrogens is 450 g/mol. The van der Waals surface area contributed by atoms with Gasteiger partial charge in [-0.05, 0) is 18.8 Å². The smallest absolute Gasteiger partial charge is 0.228 e. The van der Waals surface area contributed by atoms with E-state index in [1.807, 2.05) is 18.0 Å². The van der Waals surface area contributed by atoms with Crippen molar-refractivity contribution in [1.29, 1.82) is 0 Å². The molecule has 4 rings (SSSR count). The number of carbonyl (C=O) groups excluding carboxylic acids is 2. The van der Waals surface area contributed by atoms with E-state index in [0.717, 1.165) is 60.3 Å². The summed E-state index contributed by atoms with van der Waals surface area (Å²) in [5.41, 5.74) is 2.01. The number of rotatable bonds is 5. The van der Waals surface area contributed by atoms with Gasteiger partial charge in [-0.1, -0.05) is 22.9 Å². The molecule has 4 heterocycles. The van der Waals surface area contributed by atoms with E-state index in [1.165, 1.54) is 0 Å². The molecule has 10 heteroatoms. The van der Waals surface area contributed by atoms with Crippen molar-refractivity contribution in [2.75, 3.05) is 43.6 Å². The van der Waals surface area contributed by atoms with Gasteiger partial charge in [-0.2, -0.15) is 0 Å². The van der Waals surface area contributed by atoms with Crippen LogP contribution in [0.1, 0.15) is 36.8 Å². The van der Waals surface area contributed by atoms with Crippen LogP contribution in [0.15, 0.2) is 12.3 Å². The fraction of sp³-hybridized carbons (Fsp3) is 0.545. The number of amides is 2. The lowest BCUT2D eigenvalue weighted by molar-refractivity contribution is -0.130. The predicted molar refractivity (Wildman–Crippen MR) is 126 cm³/mol. The lowest BCUT2D eigenvalue weighted by Crippen LogP contribution is -2.38. The molecule has 0 aliphatic carbocycles. The Morgan fingerprint density at radius 3 is 2.75 bits per heavy atom. The average Bonchev–Trinajstić information content (AvgIpc) is 3.22. The number of likely N-dealkylation sites (tertiary alicyclic amines) is 1. The fourth-order valence-electron chi connectivity index (χ4n) is 4.22. The van der Waals surface area contributed by atoms with E-state index in [-0.39, 0.29) is 11.8 Å². The summed E-state index contributed by atoms with van der Waals surface area (Å²) < 4.78 is 5.29. The van der Waals surface area contributed by atoms with Gasteiger partial charge in [0.05, 0.1) is 31.2 Å². The monoisotopic (exact) mass is 477 g/mol. The molecule has 172 valence electrons. The molecular formula is C22H28ClN5O3S. The minimum atomic E-state index is 0.0841. The van der Waals surface area contributed by atoms with Gasteiger partial charge >= 0.3 is 0 Å². The number of nitrogens with zero attached hydrogens (tertiary/aromatic N) is 5. The molecule has 2 aromatic heterocycles. The highest BCUT2D eigenvalue weighted by Gasteiger charge is 2.27. The Bertz CT molecular complexity index is 1010. The number of hydrogen-bond donors (Lipinski definition) is 0. The van der Waals surface area contributed by atoms with Gasteiger partial charge in [0, 0.05) is 57.4 Å². The Hall–Kier alpha value is -2.39. The predicted octanol–water partition coefficient (Wildman–Crippen LogP) is 3.37. The van der Waals surface area contributed by atoms with Crippen molar-refractivity contribution in [2.24, 2.45) is 5.92 Å². The number of aromatic nitrogens is 2. The summed E-state index contributed by atoms with van der Waals surface area (Å²) in [6.45, 7) is 4.61. The first-order valence-electron chi connectivity index (χ1n) is 10.8. The molecule has 0 spiro atoms. The van der Waals surface area contributed by atoms with Crippen LogP contribution >= 0.6 is 22.9 Å². The number of thiazole rings is 1. The molecule has 1 fully saturated rings. The van der Waals surface area contributed by atoms with Crippen molar-refractivity contribution in [2.45, 2.75) is 39.2 Å². The van der Waals surface area contributed by atoms with E-state index >= 15 is 0 Å². The maximum atomic E-state index is 12.9. The number of ether oxygens (including phenoxy) is 1. The van der Waals surface area contributed by atoms with Crippen LogP contribution in [-0.2, 0) is 22.6 Å². The number of halogens is 1. The first-order chi connectivity index (χ1) is 15.4. The highest BCUT2D eigenvalue weighted by Crippen LogP contribution is 2.34. The Morgan fingerprint density at radius 1 is 1.31 bits per heavy atom. The number of carbonyl (C=O) groups is 2. The second-order valence-electron chi connectivity index (χ2n) is 8.33.